The van der Waals surface area contributed by atoms with E-state index in [1.807, 2.05) is 13.1 Å². The van der Waals surface area contributed by atoms with Crippen molar-refractivity contribution < 1.29 is 33.4 Å². The van der Waals surface area contributed by atoms with Crippen molar-refractivity contribution in [2.24, 2.45) is 24.6 Å². The van der Waals surface area contributed by atoms with Gasteiger partial charge >= 0.3 is 18.0 Å². The lowest BCUT2D eigenvalue weighted by molar-refractivity contribution is -0.167. The number of fused-ring (bicyclic) bond motifs is 5. The van der Waals surface area contributed by atoms with Gasteiger partial charge in [0.05, 0.1) is 33.2 Å². The number of likely N-dealkylation sites (tertiary alicyclic amines) is 1. The molecule has 0 aliphatic carbocycles. The summed E-state index contributed by atoms with van der Waals surface area (Å²) in [7, 11) is 5.00. The number of carbonyl (C=O) groups excluding carboxylic acids is 2. The molecule has 1 unspecified atom stereocenters. The number of aromatic carboxylic acids is 1. The number of hydrogen-bond acceptors (Lipinski definition) is 12. The number of amides is 1. The van der Waals surface area contributed by atoms with Crippen LogP contribution in [0.4, 0.5) is 20.6 Å². The Kier molecular flexibility index (Phi) is 9.43. The molecule has 16 nitrogen and oxygen atoms in total. The van der Waals surface area contributed by atoms with Crippen LogP contribution < -0.4 is 21.0 Å². The zero-order valence-corrected chi connectivity index (χ0v) is 31.1. The first-order chi connectivity index (χ1) is 26.1. The summed E-state index contributed by atoms with van der Waals surface area (Å²) in [6, 6.07) is 3.74. The highest BCUT2D eigenvalue weighted by Crippen LogP contribution is 2.47. The molecule has 2 saturated heterocycles. The molecule has 4 aromatic heterocycles. The van der Waals surface area contributed by atoms with E-state index in [2.05, 4.69) is 19.8 Å². The van der Waals surface area contributed by atoms with Crippen LogP contribution in [-0.4, -0.2) is 99.7 Å². The molecule has 4 atom stereocenters. The number of anilines is 2. The summed E-state index contributed by atoms with van der Waals surface area (Å²) in [5.74, 6) is -2.92. The highest BCUT2D eigenvalue weighted by Gasteiger charge is 2.42. The number of halogens is 1. The van der Waals surface area contributed by atoms with Gasteiger partial charge in [-0.25, -0.2) is 23.9 Å². The molecule has 0 spiro atoms. The number of likely N-dealkylation sites (N-methyl/N-ethyl adjacent to an activating group) is 1. The maximum atomic E-state index is 16.1. The van der Waals surface area contributed by atoms with Crippen molar-refractivity contribution in [3.8, 4) is 17.2 Å². The highest BCUT2D eigenvalue weighted by atomic mass is 19.1. The molecule has 55 heavy (non-hydrogen) atoms. The number of aromatic amines is 1. The zero-order valence-electron chi connectivity index (χ0n) is 31.1. The second-order valence-corrected chi connectivity index (χ2v) is 14.6. The Morgan fingerprint density at radius 3 is 2.56 bits per heavy atom. The van der Waals surface area contributed by atoms with Gasteiger partial charge in [0.25, 0.3) is 0 Å². The summed E-state index contributed by atoms with van der Waals surface area (Å²) >= 11 is 0. The average Bonchev–Trinajstić information content (AvgIpc) is 3.83. The minimum atomic E-state index is -1.37. The molecule has 2 aliphatic heterocycles. The SMILES string of the molecule is CC(OC(=O)[C@@H](N)C(C)C)OC(=O)N(C)c1cc(F)c(C#N)c2c1[nH]c1ncc(-c3cnc4c(c3)c(=O)c(C(=O)O)cn4C)c(N3CC[C@H]4CN(C)C[C@H]43)c12. The van der Waals surface area contributed by atoms with E-state index < -0.39 is 47.2 Å². The van der Waals surface area contributed by atoms with E-state index in [9.17, 15) is 29.5 Å². The number of aryl methyl sites for hydroxylation is 1. The van der Waals surface area contributed by atoms with Gasteiger partial charge in [-0.15, -0.1) is 0 Å². The van der Waals surface area contributed by atoms with E-state index in [4.69, 9.17) is 20.2 Å². The van der Waals surface area contributed by atoms with Crippen molar-refractivity contribution in [1.82, 2.24) is 24.4 Å². The average molecular weight is 754 g/mol. The summed E-state index contributed by atoms with van der Waals surface area (Å²) in [5.41, 5.74) is 6.91. The van der Waals surface area contributed by atoms with Crippen LogP contribution in [0.25, 0.3) is 44.1 Å². The third kappa shape index (κ3) is 6.26. The van der Waals surface area contributed by atoms with Gasteiger partial charge in [0.1, 0.15) is 34.8 Å². The van der Waals surface area contributed by atoms with Crippen LogP contribution in [-0.2, 0) is 21.3 Å². The predicted octanol–water partition coefficient (Wildman–Crippen LogP) is 3.92. The summed E-state index contributed by atoms with van der Waals surface area (Å²) in [5, 5.41) is 20.8. The molecule has 17 heteroatoms. The Morgan fingerprint density at radius 2 is 1.87 bits per heavy atom. The van der Waals surface area contributed by atoms with Gasteiger partial charge in [0, 0.05) is 87.9 Å². The number of pyridine rings is 3. The molecule has 7 rings (SSSR count). The van der Waals surface area contributed by atoms with Crippen LogP contribution in [0, 0.1) is 29.0 Å². The smallest absolute Gasteiger partial charge is 0.417 e. The van der Waals surface area contributed by atoms with Gasteiger partial charge in [-0.3, -0.25) is 14.5 Å². The molecule has 5 aromatic rings. The normalized spacial score (nSPS) is 18.1. The second-order valence-electron chi connectivity index (χ2n) is 14.6. The quantitative estimate of drug-likeness (QED) is 0.152. The fourth-order valence-corrected chi connectivity index (χ4v) is 7.82. The molecule has 2 aliphatic rings. The lowest BCUT2D eigenvalue weighted by atomic mass is 9.98. The first-order valence-corrected chi connectivity index (χ1v) is 17.8. The van der Waals surface area contributed by atoms with Crippen molar-refractivity contribution in [2.75, 3.05) is 43.5 Å². The van der Waals surface area contributed by atoms with Crippen LogP contribution in [0.5, 0.6) is 0 Å². The van der Waals surface area contributed by atoms with E-state index in [-0.39, 0.29) is 45.1 Å². The molecule has 286 valence electrons. The molecule has 0 bridgehead atoms. The number of ether oxygens (including phenoxy) is 2. The number of nitriles is 1. The van der Waals surface area contributed by atoms with Gasteiger partial charge in [-0.2, -0.15) is 5.26 Å². The van der Waals surface area contributed by atoms with E-state index in [1.165, 1.54) is 24.7 Å². The Bertz CT molecular complexity index is 2530. The number of carbonyl (C=O) groups is 3. The number of esters is 1. The monoisotopic (exact) mass is 753 g/mol. The number of carboxylic acids is 1. The van der Waals surface area contributed by atoms with E-state index in [0.717, 1.165) is 30.5 Å². The van der Waals surface area contributed by atoms with Gasteiger partial charge in [-0.1, -0.05) is 13.8 Å². The number of rotatable bonds is 8. The minimum absolute atomic E-state index is 0.0244. The Hall–Kier alpha value is -6.12. The number of aromatic nitrogens is 4. The maximum absolute atomic E-state index is 16.1. The van der Waals surface area contributed by atoms with Gasteiger partial charge in [0.15, 0.2) is 0 Å². The first kappa shape index (κ1) is 37.2. The number of benzene rings is 1. The first-order valence-electron chi connectivity index (χ1n) is 17.8. The standard InChI is InChI=1S/C38H40FN9O7/c1-17(2)30(41)37(52)54-18(3)55-38(53)47(6)26-10-25(39)22(11-40)28-29-32(48-8-7-19-14-45(4)16-27(19)48)23(13-42-34(29)44-31(26)28)20-9-21-33(49)24(36(50)51)15-46(5)35(21)43-12-20/h9-10,12-13,15,17-19,27,30H,7-8,14,16,41H2,1-6H3,(H,42,44)(H,50,51)/t18?,19-,27+,30-/m0/s1. The predicted molar refractivity (Wildman–Crippen MR) is 201 cm³/mol. The van der Waals surface area contributed by atoms with E-state index in [1.54, 1.807) is 39.4 Å². The van der Waals surface area contributed by atoms with E-state index >= 15 is 4.39 Å². The summed E-state index contributed by atoms with van der Waals surface area (Å²) in [4.78, 5) is 69.2. The fraction of sp³-hybridized carbons (Fsp3) is 0.395. The number of carboxylic acid groups (broad SMARTS) is 1. The molecule has 2 fully saturated rings. The molecule has 1 aromatic carbocycles. The third-order valence-electron chi connectivity index (χ3n) is 10.7. The number of H-pyrrole nitrogens is 1. The van der Waals surface area contributed by atoms with Crippen LogP contribution >= 0.6 is 0 Å². The fourth-order valence-electron chi connectivity index (χ4n) is 7.82. The summed E-state index contributed by atoms with van der Waals surface area (Å²) in [6.07, 6.45) is 2.96. The summed E-state index contributed by atoms with van der Waals surface area (Å²) in [6.45, 7) is 7.08. The van der Waals surface area contributed by atoms with Gasteiger partial charge < -0.3 is 39.7 Å². The van der Waals surface area contributed by atoms with Crippen LogP contribution in [0.15, 0.2) is 35.5 Å². The Labute approximate surface area is 313 Å². The second kappa shape index (κ2) is 13.9. The van der Waals surface area contributed by atoms with Crippen molar-refractivity contribution in [3.05, 3.63) is 57.9 Å². The molecule has 1 amide bonds. The van der Waals surface area contributed by atoms with Gasteiger partial charge in [0.2, 0.25) is 11.7 Å². The van der Waals surface area contributed by atoms with Crippen LogP contribution in [0.3, 0.4) is 0 Å². The molecule has 0 saturated carbocycles. The Morgan fingerprint density at radius 1 is 1.13 bits per heavy atom. The molecular formula is C38H40FN9O7. The number of nitrogens with two attached hydrogens (primary N) is 1. The molecule has 6 heterocycles. The molecular weight excluding hydrogens is 713 g/mol. The highest BCUT2D eigenvalue weighted by molar-refractivity contribution is 6.21. The van der Waals surface area contributed by atoms with Crippen molar-refractivity contribution >= 4 is 62.4 Å². The van der Waals surface area contributed by atoms with Crippen LogP contribution in [0.1, 0.15) is 43.1 Å². The molecule has 0 radical (unpaired) electrons. The Balaban J connectivity index is 1.43. The summed E-state index contributed by atoms with van der Waals surface area (Å²) < 4.78 is 28.2. The topological polar surface area (TPSA) is 213 Å². The lowest BCUT2D eigenvalue weighted by Gasteiger charge is -2.29. The third-order valence-corrected chi connectivity index (χ3v) is 10.7. The van der Waals surface area contributed by atoms with Crippen molar-refractivity contribution in [3.63, 3.8) is 0 Å². The lowest BCUT2D eigenvalue weighted by Crippen LogP contribution is -2.40. The number of nitrogens with zero attached hydrogens (tertiary/aromatic N) is 7. The minimum Gasteiger partial charge on any atom is -0.477 e. The van der Waals surface area contributed by atoms with Crippen molar-refractivity contribution in [2.45, 2.75) is 45.6 Å². The maximum Gasteiger partial charge on any atom is 0.417 e. The molecule has 4 N–H and O–H groups in total. The van der Waals surface area contributed by atoms with Crippen LogP contribution in [0.2, 0.25) is 0 Å². The number of hydrogen-bond donors (Lipinski definition) is 3. The van der Waals surface area contributed by atoms with Crippen molar-refractivity contribution in [1.29, 1.82) is 5.26 Å². The number of nitrogens with one attached hydrogen (secondary N) is 1. The van der Waals surface area contributed by atoms with E-state index in [0.29, 0.717) is 40.3 Å². The zero-order chi connectivity index (χ0) is 39.6. The van der Waals surface area contributed by atoms with Gasteiger partial charge in [-0.05, 0) is 31.4 Å². The largest absolute Gasteiger partial charge is 0.477 e.